The molecule has 1 saturated carbocycles. The first-order chi connectivity index (χ1) is 10.7. The second-order valence-corrected chi connectivity index (χ2v) is 6.43. The van der Waals surface area contributed by atoms with E-state index in [2.05, 4.69) is 16.3 Å². The molecule has 1 heterocycles. The van der Waals surface area contributed by atoms with E-state index in [9.17, 15) is 9.90 Å². The van der Waals surface area contributed by atoms with Crippen molar-refractivity contribution in [1.29, 1.82) is 0 Å². The summed E-state index contributed by atoms with van der Waals surface area (Å²) in [5.41, 5.74) is 1.79. The van der Waals surface area contributed by atoms with Crippen LogP contribution in [0.5, 0.6) is 0 Å². The molecule has 0 aromatic heterocycles. The van der Waals surface area contributed by atoms with Crippen LogP contribution in [0.4, 0.5) is 0 Å². The second-order valence-electron chi connectivity index (χ2n) is 6.43. The van der Waals surface area contributed by atoms with E-state index in [0.29, 0.717) is 12.1 Å². The minimum absolute atomic E-state index is 0.0523. The van der Waals surface area contributed by atoms with Crippen LogP contribution in [0, 0.1) is 5.41 Å². The zero-order valence-corrected chi connectivity index (χ0v) is 12.9. The highest BCUT2D eigenvalue weighted by Crippen LogP contribution is 2.44. The van der Waals surface area contributed by atoms with E-state index in [1.54, 1.807) is 0 Å². The van der Waals surface area contributed by atoms with Gasteiger partial charge in [0.1, 0.15) is 0 Å². The molecule has 0 atom stereocenters. The Bertz CT molecular complexity index is 522. The molecule has 3 rings (SSSR count). The number of morpholine rings is 1. The van der Waals surface area contributed by atoms with E-state index in [1.165, 1.54) is 0 Å². The summed E-state index contributed by atoms with van der Waals surface area (Å²) in [6.07, 6.45) is 2.00. The minimum Gasteiger partial charge on any atom is -0.396 e. The number of benzene rings is 1. The monoisotopic (exact) mass is 304 g/mol. The largest absolute Gasteiger partial charge is 0.396 e. The highest BCUT2D eigenvalue weighted by atomic mass is 16.5. The number of aliphatic hydroxyl groups is 1. The number of carbonyl (C=O) groups excluding carboxylic acids is 1. The first kappa shape index (κ1) is 15.5. The van der Waals surface area contributed by atoms with Crippen molar-refractivity contribution >= 4 is 5.91 Å². The van der Waals surface area contributed by atoms with E-state index in [0.717, 1.165) is 51.3 Å². The summed E-state index contributed by atoms with van der Waals surface area (Å²) >= 11 is 0. The Morgan fingerprint density at radius 2 is 2.09 bits per heavy atom. The van der Waals surface area contributed by atoms with Gasteiger partial charge < -0.3 is 15.2 Å². The van der Waals surface area contributed by atoms with E-state index in [-0.39, 0.29) is 17.9 Å². The number of nitrogens with zero attached hydrogens (tertiary/aromatic N) is 1. The molecule has 2 N–H and O–H groups in total. The summed E-state index contributed by atoms with van der Waals surface area (Å²) < 4.78 is 5.35. The average molecular weight is 304 g/mol. The normalized spacial score (nSPS) is 20.6. The molecule has 1 aromatic rings. The fraction of sp³-hybridized carbons (Fsp3) is 0.588. The quantitative estimate of drug-likeness (QED) is 0.824. The van der Waals surface area contributed by atoms with Gasteiger partial charge in [-0.05, 0) is 30.5 Å². The molecule has 1 aromatic carbocycles. The summed E-state index contributed by atoms with van der Waals surface area (Å²) in [5, 5.41) is 12.3. The summed E-state index contributed by atoms with van der Waals surface area (Å²) in [4.78, 5) is 14.6. The summed E-state index contributed by atoms with van der Waals surface area (Å²) in [6, 6.07) is 7.80. The molecule has 1 aliphatic heterocycles. The lowest BCUT2D eigenvalue weighted by atomic mass is 10.1. The molecule has 1 saturated heterocycles. The second kappa shape index (κ2) is 6.77. The maximum atomic E-state index is 12.3. The average Bonchev–Trinajstić information content (AvgIpc) is 3.34. The molecule has 120 valence electrons. The van der Waals surface area contributed by atoms with Gasteiger partial charge >= 0.3 is 0 Å². The lowest BCUT2D eigenvalue weighted by Crippen LogP contribution is -2.35. The molecule has 0 bridgehead atoms. The topological polar surface area (TPSA) is 61.8 Å². The number of nitrogens with one attached hydrogen (secondary N) is 1. The summed E-state index contributed by atoms with van der Waals surface area (Å²) in [5.74, 6) is -0.0523. The molecule has 0 radical (unpaired) electrons. The third-order valence-corrected chi connectivity index (χ3v) is 4.62. The van der Waals surface area contributed by atoms with Crippen LogP contribution in [0.1, 0.15) is 28.8 Å². The minimum atomic E-state index is -0.0545. The predicted octanol–water partition coefficient (Wildman–Crippen LogP) is 1.02. The maximum Gasteiger partial charge on any atom is 0.251 e. The number of amides is 1. The van der Waals surface area contributed by atoms with E-state index in [4.69, 9.17) is 4.74 Å². The number of hydrogen-bond acceptors (Lipinski definition) is 4. The third kappa shape index (κ3) is 3.85. The Kier molecular flexibility index (Phi) is 4.76. The lowest BCUT2D eigenvalue weighted by molar-refractivity contribution is 0.0342. The van der Waals surface area contributed by atoms with Crippen molar-refractivity contribution in [2.45, 2.75) is 19.4 Å². The molecule has 22 heavy (non-hydrogen) atoms. The van der Waals surface area contributed by atoms with Crippen LogP contribution in [0.2, 0.25) is 0 Å². The molecule has 2 aliphatic rings. The van der Waals surface area contributed by atoms with E-state index < -0.39 is 0 Å². The molecular weight excluding hydrogens is 280 g/mol. The van der Waals surface area contributed by atoms with Crippen molar-refractivity contribution < 1.29 is 14.6 Å². The summed E-state index contributed by atoms with van der Waals surface area (Å²) in [6.45, 7) is 5.02. The van der Waals surface area contributed by atoms with Gasteiger partial charge in [0.15, 0.2) is 0 Å². The van der Waals surface area contributed by atoms with Crippen molar-refractivity contribution in [2.75, 3.05) is 39.5 Å². The zero-order chi connectivity index (χ0) is 15.4. The Morgan fingerprint density at radius 3 is 2.77 bits per heavy atom. The fourth-order valence-corrected chi connectivity index (χ4v) is 2.77. The Labute approximate surface area is 131 Å². The smallest absolute Gasteiger partial charge is 0.251 e. The van der Waals surface area contributed by atoms with Crippen molar-refractivity contribution in [2.24, 2.45) is 5.41 Å². The van der Waals surface area contributed by atoms with Crippen LogP contribution >= 0.6 is 0 Å². The van der Waals surface area contributed by atoms with E-state index >= 15 is 0 Å². The molecule has 2 fully saturated rings. The van der Waals surface area contributed by atoms with Crippen LogP contribution < -0.4 is 5.32 Å². The number of aliphatic hydroxyl groups excluding tert-OH is 1. The number of rotatable bonds is 6. The molecule has 1 amide bonds. The van der Waals surface area contributed by atoms with Gasteiger partial charge in [-0.2, -0.15) is 0 Å². The molecular formula is C17H24N2O3. The summed E-state index contributed by atoms with van der Waals surface area (Å²) in [7, 11) is 0. The van der Waals surface area contributed by atoms with Gasteiger partial charge in [-0.1, -0.05) is 12.1 Å². The van der Waals surface area contributed by atoms with Gasteiger partial charge in [-0.3, -0.25) is 9.69 Å². The van der Waals surface area contributed by atoms with Crippen LogP contribution in [0.25, 0.3) is 0 Å². The first-order valence-electron chi connectivity index (χ1n) is 7.99. The molecule has 0 spiro atoms. The fourth-order valence-electron chi connectivity index (χ4n) is 2.77. The first-order valence-corrected chi connectivity index (χ1v) is 7.99. The van der Waals surface area contributed by atoms with Crippen LogP contribution in [-0.4, -0.2) is 55.4 Å². The van der Waals surface area contributed by atoms with Crippen molar-refractivity contribution in [3.8, 4) is 0 Å². The highest BCUT2D eigenvalue weighted by molar-refractivity contribution is 5.94. The number of carbonyl (C=O) groups is 1. The number of ether oxygens (including phenoxy) is 1. The molecule has 5 nitrogen and oxygen atoms in total. The van der Waals surface area contributed by atoms with Gasteiger partial charge in [0.05, 0.1) is 19.8 Å². The van der Waals surface area contributed by atoms with Gasteiger partial charge in [0, 0.05) is 37.2 Å². The van der Waals surface area contributed by atoms with Gasteiger partial charge in [0.2, 0.25) is 0 Å². The SMILES string of the molecule is O=C(NCC1(CO)CC1)c1cccc(CN2CCOCC2)c1. The van der Waals surface area contributed by atoms with Crippen LogP contribution in [-0.2, 0) is 11.3 Å². The predicted molar refractivity (Wildman–Crippen MR) is 83.6 cm³/mol. The number of hydrogen-bond donors (Lipinski definition) is 2. The van der Waals surface area contributed by atoms with Crippen molar-refractivity contribution in [1.82, 2.24) is 10.2 Å². The molecule has 0 unspecified atom stereocenters. The van der Waals surface area contributed by atoms with Gasteiger partial charge in [-0.15, -0.1) is 0 Å². The maximum absolute atomic E-state index is 12.3. The molecule has 5 heteroatoms. The Hall–Kier alpha value is -1.43. The third-order valence-electron chi connectivity index (χ3n) is 4.62. The standard InChI is InChI=1S/C17H24N2O3/c20-13-17(4-5-17)12-18-16(21)15-3-1-2-14(10-15)11-19-6-8-22-9-7-19/h1-3,10,20H,4-9,11-13H2,(H,18,21). The lowest BCUT2D eigenvalue weighted by Gasteiger charge is -2.26. The van der Waals surface area contributed by atoms with Crippen LogP contribution in [0.15, 0.2) is 24.3 Å². The van der Waals surface area contributed by atoms with Gasteiger partial charge in [-0.25, -0.2) is 0 Å². The highest BCUT2D eigenvalue weighted by Gasteiger charge is 2.42. The van der Waals surface area contributed by atoms with E-state index in [1.807, 2.05) is 18.2 Å². The molecule has 1 aliphatic carbocycles. The zero-order valence-electron chi connectivity index (χ0n) is 12.9. The Balaban J connectivity index is 1.56. The van der Waals surface area contributed by atoms with Crippen molar-refractivity contribution in [3.63, 3.8) is 0 Å². The van der Waals surface area contributed by atoms with Crippen LogP contribution in [0.3, 0.4) is 0 Å². The Morgan fingerprint density at radius 1 is 1.32 bits per heavy atom. The van der Waals surface area contributed by atoms with Gasteiger partial charge in [0.25, 0.3) is 5.91 Å². The van der Waals surface area contributed by atoms with Crippen molar-refractivity contribution in [3.05, 3.63) is 35.4 Å².